The molecule has 0 bridgehead atoms. The molecule has 2 atom stereocenters. The molecule has 0 aromatic heterocycles. The quantitative estimate of drug-likeness (QED) is 0.786. The van der Waals surface area contributed by atoms with Gasteiger partial charge in [-0.2, -0.15) is 0 Å². The minimum Gasteiger partial charge on any atom is -0.466 e. The van der Waals surface area contributed by atoms with E-state index in [-0.39, 0.29) is 24.0 Å². The second-order valence-corrected chi connectivity index (χ2v) is 5.92. The van der Waals surface area contributed by atoms with Crippen molar-refractivity contribution in [1.82, 2.24) is 5.32 Å². The molecule has 1 aromatic rings. The van der Waals surface area contributed by atoms with E-state index in [0.29, 0.717) is 13.0 Å². The Morgan fingerprint density at radius 3 is 2.68 bits per heavy atom. The lowest BCUT2D eigenvalue weighted by atomic mass is 10.0. The number of ether oxygens (including phenoxy) is 2. The Labute approximate surface area is 131 Å². The predicted molar refractivity (Wildman–Crippen MR) is 82.1 cm³/mol. The smallest absolute Gasteiger partial charge is 0.407 e. The number of carbonyl (C=O) groups excluding carboxylic acids is 2. The van der Waals surface area contributed by atoms with Crippen LogP contribution in [0, 0.1) is 5.41 Å². The van der Waals surface area contributed by atoms with Crippen LogP contribution in [0.2, 0.25) is 0 Å². The summed E-state index contributed by atoms with van der Waals surface area (Å²) >= 11 is 0. The van der Waals surface area contributed by atoms with Crippen LogP contribution in [-0.2, 0) is 20.9 Å². The number of hydrogen-bond donors (Lipinski definition) is 1. The second kappa shape index (κ2) is 7.29. The standard InChI is InChI=1S/C17H23NO4/c1-3-21-15(19)9-10-17(2)11-14(17)18-16(20)22-12-13-7-5-4-6-8-13/h4-8,14H,3,9-12H2,1-2H3,(H,18,20). The minimum absolute atomic E-state index is 0.0292. The van der Waals surface area contributed by atoms with Gasteiger partial charge in [0.05, 0.1) is 6.61 Å². The summed E-state index contributed by atoms with van der Waals surface area (Å²) in [7, 11) is 0. The van der Waals surface area contributed by atoms with Gasteiger partial charge in [-0.15, -0.1) is 0 Å². The van der Waals surface area contributed by atoms with Crippen LogP contribution in [0.25, 0.3) is 0 Å². The van der Waals surface area contributed by atoms with E-state index in [1.807, 2.05) is 30.3 Å². The first-order valence-corrected chi connectivity index (χ1v) is 7.66. The van der Waals surface area contributed by atoms with Gasteiger partial charge in [0, 0.05) is 12.5 Å². The van der Waals surface area contributed by atoms with E-state index in [9.17, 15) is 9.59 Å². The maximum atomic E-state index is 11.8. The molecular weight excluding hydrogens is 282 g/mol. The average Bonchev–Trinajstić information content (AvgIpc) is 3.15. The van der Waals surface area contributed by atoms with E-state index < -0.39 is 6.09 Å². The summed E-state index contributed by atoms with van der Waals surface area (Å²) in [6, 6.07) is 9.63. The van der Waals surface area contributed by atoms with Crippen LogP contribution in [0.1, 0.15) is 38.7 Å². The monoisotopic (exact) mass is 305 g/mol. The zero-order chi connectivity index (χ0) is 16.0. The normalized spacial score (nSPS) is 22.7. The van der Waals surface area contributed by atoms with Gasteiger partial charge >= 0.3 is 12.1 Å². The van der Waals surface area contributed by atoms with Gasteiger partial charge in [-0.3, -0.25) is 4.79 Å². The third-order valence-corrected chi connectivity index (χ3v) is 4.06. The summed E-state index contributed by atoms with van der Waals surface area (Å²) in [5.41, 5.74) is 0.928. The lowest BCUT2D eigenvalue weighted by molar-refractivity contribution is -0.143. The van der Waals surface area contributed by atoms with Crippen molar-refractivity contribution in [3.05, 3.63) is 35.9 Å². The van der Waals surface area contributed by atoms with Gasteiger partial charge in [-0.1, -0.05) is 37.3 Å². The number of esters is 1. The van der Waals surface area contributed by atoms with E-state index in [2.05, 4.69) is 12.2 Å². The summed E-state index contributed by atoms with van der Waals surface area (Å²) in [4.78, 5) is 23.1. The lowest BCUT2D eigenvalue weighted by Gasteiger charge is -2.12. The fourth-order valence-corrected chi connectivity index (χ4v) is 2.44. The summed E-state index contributed by atoms with van der Waals surface area (Å²) in [6.07, 6.45) is 1.57. The molecule has 1 saturated carbocycles. The summed E-state index contributed by atoms with van der Waals surface area (Å²) in [5.74, 6) is -0.180. The van der Waals surface area contributed by atoms with Crippen molar-refractivity contribution < 1.29 is 19.1 Å². The first-order valence-electron chi connectivity index (χ1n) is 7.66. The Morgan fingerprint density at radius 2 is 2.00 bits per heavy atom. The minimum atomic E-state index is -0.409. The molecule has 1 N–H and O–H groups in total. The van der Waals surface area contributed by atoms with Gasteiger partial charge < -0.3 is 14.8 Å². The largest absolute Gasteiger partial charge is 0.466 e. The van der Waals surface area contributed by atoms with Crippen LogP contribution < -0.4 is 5.32 Å². The lowest BCUT2D eigenvalue weighted by Crippen LogP contribution is -2.29. The van der Waals surface area contributed by atoms with Gasteiger partial charge in [0.2, 0.25) is 0 Å². The van der Waals surface area contributed by atoms with E-state index >= 15 is 0 Å². The predicted octanol–water partition coefficient (Wildman–Crippen LogP) is 3.03. The van der Waals surface area contributed by atoms with Crippen molar-refractivity contribution in [3.8, 4) is 0 Å². The third kappa shape index (κ3) is 4.76. The third-order valence-electron chi connectivity index (χ3n) is 4.06. The molecule has 5 heteroatoms. The molecule has 0 heterocycles. The van der Waals surface area contributed by atoms with Crippen LogP contribution in [0.3, 0.4) is 0 Å². The fourth-order valence-electron chi connectivity index (χ4n) is 2.44. The molecule has 0 spiro atoms. The molecule has 22 heavy (non-hydrogen) atoms. The number of benzene rings is 1. The molecule has 5 nitrogen and oxygen atoms in total. The molecular formula is C17H23NO4. The number of alkyl carbamates (subject to hydrolysis) is 1. The Bertz CT molecular complexity index is 517. The first-order chi connectivity index (χ1) is 10.5. The van der Waals surface area contributed by atoms with E-state index in [0.717, 1.165) is 18.4 Å². The molecule has 1 fully saturated rings. The summed E-state index contributed by atoms with van der Waals surface area (Å²) in [6.45, 7) is 4.53. The zero-order valence-electron chi connectivity index (χ0n) is 13.1. The molecule has 1 amide bonds. The van der Waals surface area contributed by atoms with Crippen LogP contribution in [0.5, 0.6) is 0 Å². The highest BCUT2D eigenvalue weighted by Gasteiger charge is 2.50. The second-order valence-electron chi connectivity index (χ2n) is 5.92. The van der Waals surface area contributed by atoms with Crippen molar-refractivity contribution in [2.75, 3.05) is 6.61 Å². The highest BCUT2D eigenvalue weighted by atomic mass is 16.5. The number of carbonyl (C=O) groups is 2. The van der Waals surface area contributed by atoms with Crippen molar-refractivity contribution in [2.45, 2.75) is 45.8 Å². The highest BCUT2D eigenvalue weighted by Crippen LogP contribution is 2.49. The van der Waals surface area contributed by atoms with E-state index in [1.54, 1.807) is 6.92 Å². The number of hydrogen-bond acceptors (Lipinski definition) is 4. The van der Waals surface area contributed by atoms with Gasteiger partial charge in [-0.25, -0.2) is 4.79 Å². The molecule has 0 saturated heterocycles. The van der Waals surface area contributed by atoms with Crippen molar-refractivity contribution in [2.24, 2.45) is 5.41 Å². The van der Waals surface area contributed by atoms with Crippen LogP contribution in [0.4, 0.5) is 4.79 Å². The zero-order valence-corrected chi connectivity index (χ0v) is 13.1. The fraction of sp³-hybridized carbons (Fsp3) is 0.529. The molecule has 0 radical (unpaired) electrons. The van der Waals surface area contributed by atoms with Gasteiger partial charge in [-0.05, 0) is 30.7 Å². The maximum absolute atomic E-state index is 11.8. The Balaban J connectivity index is 1.67. The number of rotatable bonds is 7. The summed E-state index contributed by atoms with van der Waals surface area (Å²) in [5, 5.41) is 2.86. The Kier molecular flexibility index (Phi) is 5.41. The van der Waals surface area contributed by atoms with Crippen LogP contribution >= 0.6 is 0 Å². The highest BCUT2D eigenvalue weighted by molar-refractivity contribution is 5.70. The SMILES string of the molecule is CCOC(=O)CCC1(C)CC1NC(=O)OCc1ccccc1. The molecule has 120 valence electrons. The Hall–Kier alpha value is -2.04. The van der Waals surface area contributed by atoms with E-state index in [1.165, 1.54) is 0 Å². The molecule has 2 unspecified atom stereocenters. The Morgan fingerprint density at radius 1 is 1.27 bits per heavy atom. The maximum Gasteiger partial charge on any atom is 0.407 e. The molecule has 1 aliphatic rings. The summed E-state index contributed by atoms with van der Waals surface area (Å²) < 4.78 is 10.1. The molecule has 2 rings (SSSR count). The van der Waals surface area contributed by atoms with Crippen LogP contribution in [-0.4, -0.2) is 24.7 Å². The van der Waals surface area contributed by atoms with Gasteiger partial charge in [0.1, 0.15) is 6.61 Å². The topological polar surface area (TPSA) is 64.6 Å². The van der Waals surface area contributed by atoms with Crippen LogP contribution in [0.15, 0.2) is 30.3 Å². The van der Waals surface area contributed by atoms with Crippen molar-refractivity contribution >= 4 is 12.1 Å². The molecule has 0 aliphatic heterocycles. The first kappa shape index (κ1) is 16.3. The number of nitrogens with one attached hydrogen (secondary N) is 1. The molecule has 1 aromatic carbocycles. The van der Waals surface area contributed by atoms with Gasteiger partial charge in [0.15, 0.2) is 0 Å². The molecule has 1 aliphatic carbocycles. The van der Waals surface area contributed by atoms with Gasteiger partial charge in [0.25, 0.3) is 0 Å². The van der Waals surface area contributed by atoms with E-state index in [4.69, 9.17) is 9.47 Å². The average molecular weight is 305 g/mol. The number of amides is 1. The van der Waals surface area contributed by atoms with Crippen molar-refractivity contribution in [1.29, 1.82) is 0 Å². The van der Waals surface area contributed by atoms with Crippen molar-refractivity contribution in [3.63, 3.8) is 0 Å².